The number of aliphatic hydroxyl groups is 2. The van der Waals surface area contributed by atoms with Crippen LogP contribution in [0.4, 0.5) is 0 Å². The van der Waals surface area contributed by atoms with Crippen LogP contribution in [0.1, 0.15) is 0 Å². The fourth-order valence-electron chi connectivity index (χ4n) is 3.40. The minimum absolute atomic E-state index is 0.00277. The number of aliphatic hydroxyl groups excluding tert-OH is 2. The first-order valence-electron chi connectivity index (χ1n) is 9.62. The molecule has 1 unspecified atom stereocenters. The first kappa shape index (κ1) is 21.6. The lowest BCUT2D eigenvalue weighted by Gasteiger charge is -2.15. The molecule has 0 saturated carbocycles. The lowest BCUT2D eigenvalue weighted by molar-refractivity contribution is 0.0527. The van der Waals surface area contributed by atoms with Crippen molar-refractivity contribution in [3.63, 3.8) is 0 Å². The Bertz CT molecular complexity index is 1200. The maximum Gasteiger partial charge on any atom is 0.231 e. The molecule has 0 radical (unpaired) electrons. The van der Waals surface area contributed by atoms with Gasteiger partial charge in [0.2, 0.25) is 23.7 Å². The Morgan fingerprint density at radius 2 is 1.72 bits per heavy atom. The van der Waals surface area contributed by atoms with Gasteiger partial charge < -0.3 is 43.1 Å². The second-order valence-corrected chi connectivity index (χ2v) is 6.85. The molecule has 10 heteroatoms. The first-order valence-corrected chi connectivity index (χ1v) is 9.62. The molecule has 0 spiro atoms. The molecule has 170 valence electrons. The van der Waals surface area contributed by atoms with Crippen molar-refractivity contribution in [3.05, 3.63) is 34.7 Å². The van der Waals surface area contributed by atoms with Gasteiger partial charge in [-0.2, -0.15) is 0 Å². The molecular weight excluding hydrogens is 424 g/mol. The SMILES string of the molecule is COc1cc2c(=O)c(-c3cc(OC)c4c(c3OC)OCO4)coc2cc1OCC(O)CO. The summed E-state index contributed by atoms with van der Waals surface area (Å²) < 4.78 is 38.4. The molecule has 2 aromatic carbocycles. The zero-order valence-corrected chi connectivity index (χ0v) is 17.7. The summed E-state index contributed by atoms with van der Waals surface area (Å²) in [5.41, 5.74) is 0.539. The van der Waals surface area contributed by atoms with E-state index in [0.717, 1.165) is 0 Å². The zero-order chi connectivity index (χ0) is 22.8. The minimum atomic E-state index is -1.06. The predicted molar refractivity (Wildman–Crippen MR) is 112 cm³/mol. The van der Waals surface area contributed by atoms with Gasteiger partial charge in [-0.3, -0.25) is 4.79 Å². The number of rotatable bonds is 8. The van der Waals surface area contributed by atoms with Crippen LogP contribution in [0.2, 0.25) is 0 Å². The first-order chi connectivity index (χ1) is 15.5. The summed E-state index contributed by atoms with van der Waals surface area (Å²) in [6.07, 6.45) is 0.251. The summed E-state index contributed by atoms with van der Waals surface area (Å²) in [6, 6.07) is 4.60. The molecule has 0 fully saturated rings. The molecular formula is C22H22O10. The van der Waals surface area contributed by atoms with Crippen LogP contribution in [0.25, 0.3) is 22.1 Å². The highest BCUT2D eigenvalue weighted by atomic mass is 16.7. The van der Waals surface area contributed by atoms with Gasteiger partial charge in [0.1, 0.15) is 24.6 Å². The Balaban J connectivity index is 1.85. The quantitative estimate of drug-likeness (QED) is 0.530. The summed E-state index contributed by atoms with van der Waals surface area (Å²) in [4.78, 5) is 13.4. The van der Waals surface area contributed by atoms with Crippen molar-refractivity contribution in [1.82, 2.24) is 0 Å². The van der Waals surface area contributed by atoms with Gasteiger partial charge in [0.25, 0.3) is 0 Å². The van der Waals surface area contributed by atoms with Crippen molar-refractivity contribution in [2.45, 2.75) is 6.10 Å². The predicted octanol–water partition coefficient (Wildman–Crippen LogP) is 1.95. The molecule has 1 aliphatic heterocycles. The van der Waals surface area contributed by atoms with Crippen molar-refractivity contribution < 1.29 is 43.1 Å². The Hall–Kier alpha value is -3.63. The van der Waals surface area contributed by atoms with Gasteiger partial charge in [-0.1, -0.05) is 0 Å². The molecule has 2 heterocycles. The van der Waals surface area contributed by atoms with E-state index in [1.54, 1.807) is 6.07 Å². The Morgan fingerprint density at radius 1 is 0.969 bits per heavy atom. The Kier molecular flexibility index (Phi) is 5.97. The van der Waals surface area contributed by atoms with Gasteiger partial charge in [-0.15, -0.1) is 0 Å². The van der Waals surface area contributed by atoms with E-state index in [1.807, 2.05) is 0 Å². The van der Waals surface area contributed by atoms with Gasteiger partial charge in [-0.05, 0) is 12.1 Å². The van der Waals surface area contributed by atoms with E-state index in [0.29, 0.717) is 28.6 Å². The highest BCUT2D eigenvalue weighted by Gasteiger charge is 2.29. The van der Waals surface area contributed by atoms with E-state index in [-0.39, 0.29) is 46.9 Å². The fourth-order valence-corrected chi connectivity index (χ4v) is 3.40. The van der Waals surface area contributed by atoms with Crippen molar-refractivity contribution in [3.8, 4) is 45.6 Å². The van der Waals surface area contributed by atoms with Gasteiger partial charge >= 0.3 is 0 Å². The Morgan fingerprint density at radius 3 is 2.41 bits per heavy atom. The number of ether oxygens (including phenoxy) is 6. The standard InChI is InChI=1S/C22H22O10/c1-26-16-5-13-15(6-17(16)29-8-11(24)7-23)30-9-14(19(13)25)12-4-18(27-2)21-22(20(12)28-3)32-10-31-21/h4-6,9,11,23-24H,7-8,10H2,1-3H3. The lowest BCUT2D eigenvalue weighted by Crippen LogP contribution is -2.21. The number of hydrogen-bond acceptors (Lipinski definition) is 10. The van der Waals surface area contributed by atoms with Crippen LogP contribution in [0.5, 0.6) is 34.5 Å². The third-order valence-corrected chi connectivity index (χ3v) is 4.98. The van der Waals surface area contributed by atoms with E-state index >= 15 is 0 Å². The molecule has 4 rings (SSSR count). The maximum atomic E-state index is 13.4. The Labute approximate surface area is 182 Å². The third kappa shape index (κ3) is 3.63. The van der Waals surface area contributed by atoms with Crippen molar-refractivity contribution in [1.29, 1.82) is 0 Å². The molecule has 3 aromatic rings. The van der Waals surface area contributed by atoms with Gasteiger partial charge in [-0.25, -0.2) is 0 Å². The molecule has 0 bridgehead atoms. The molecule has 1 aliphatic rings. The van der Waals surface area contributed by atoms with Crippen LogP contribution in [0.15, 0.2) is 33.7 Å². The van der Waals surface area contributed by atoms with Crippen molar-refractivity contribution in [2.24, 2.45) is 0 Å². The number of fused-ring (bicyclic) bond motifs is 2. The highest BCUT2D eigenvalue weighted by molar-refractivity contribution is 5.87. The van der Waals surface area contributed by atoms with Gasteiger partial charge in [0.05, 0.1) is 38.9 Å². The average molecular weight is 446 g/mol. The van der Waals surface area contributed by atoms with E-state index in [9.17, 15) is 9.90 Å². The smallest absolute Gasteiger partial charge is 0.231 e. The molecule has 32 heavy (non-hydrogen) atoms. The van der Waals surface area contributed by atoms with E-state index in [4.69, 9.17) is 37.9 Å². The number of benzene rings is 2. The second-order valence-electron chi connectivity index (χ2n) is 6.85. The molecule has 2 N–H and O–H groups in total. The molecule has 0 saturated heterocycles. The summed E-state index contributed by atoms with van der Waals surface area (Å²) in [5.74, 6) is 1.95. The van der Waals surface area contributed by atoms with Crippen LogP contribution in [-0.2, 0) is 0 Å². The molecule has 0 amide bonds. The van der Waals surface area contributed by atoms with E-state index in [1.165, 1.54) is 39.7 Å². The topological polar surface area (TPSA) is 126 Å². The normalized spacial score (nSPS) is 13.2. The van der Waals surface area contributed by atoms with Crippen molar-refractivity contribution in [2.75, 3.05) is 41.3 Å². The molecule has 0 aliphatic carbocycles. The highest BCUT2D eigenvalue weighted by Crippen LogP contribution is 2.52. The monoisotopic (exact) mass is 446 g/mol. The average Bonchev–Trinajstić information content (AvgIpc) is 3.31. The largest absolute Gasteiger partial charge is 0.493 e. The maximum absolute atomic E-state index is 13.4. The van der Waals surface area contributed by atoms with E-state index in [2.05, 4.69) is 0 Å². The van der Waals surface area contributed by atoms with Crippen LogP contribution in [0.3, 0.4) is 0 Å². The van der Waals surface area contributed by atoms with Crippen LogP contribution >= 0.6 is 0 Å². The summed E-state index contributed by atoms with van der Waals surface area (Å²) in [5, 5.41) is 18.7. The van der Waals surface area contributed by atoms with Crippen LogP contribution in [0, 0.1) is 0 Å². The lowest BCUT2D eigenvalue weighted by atomic mass is 10.0. The number of hydrogen-bond donors (Lipinski definition) is 2. The molecule has 1 aromatic heterocycles. The molecule has 10 nitrogen and oxygen atoms in total. The summed E-state index contributed by atoms with van der Waals surface area (Å²) in [7, 11) is 4.37. The fraction of sp³-hybridized carbons (Fsp3) is 0.318. The van der Waals surface area contributed by atoms with Crippen molar-refractivity contribution >= 4 is 11.0 Å². The zero-order valence-electron chi connectivity index (χ0n) is 17.7. The summed E-state index contributed by atoms with van der Waals surface area (Å²) in [6.45, 7) is -0.604. The number of methoxy groups -OCH3 is 3. The summed E-state index contributed by atoms with van der Waals surface area (Å²) >= 11 is 0. The minimum Gasteiger partial charge on any atom is -0.493 e. The van der Waals surface area contributed by atoms with Crippen LogP contribution < -0.4 is 33.8 Å². The van der Waals surface area contributed by atoms with Crippen LogP contribution in [-0.4, -0.2) is 57.7 Å². The van der Waals surface area contributed by atoms with E-state index < -0.39 is 12.7 Å². The van der Waals surface area contributed by atoms with Gasteiger partial charge in [0, 0.05) is 11.6 Å². The third-order valence-electron chi connectivity index (χ3n) is 4.98. The second kappa shape index (κ2) is 8.85. The van der Waals surface area contributed by atoms with Gasteiger partial charge in [0.15, 0.2) is 23.0 Å². The molecule has 1 atom stereocenters.